The number of benzene rings is 1. The van der Waals surface area contributed by atoms with Crippen molar-refractivity contribution in [3.05, 3.63) is 44.6 Å². The van der Waals surface area contributed by atoms with Crippen LogP contribution in [-0.4, -0.2) is 12.1 Å². The van der Waals surface area contributed by atoms with Gasteiger partial charge in [-0.2, -0.15) is 0 Å². The number of halogens is 4. The van der Waals surface area contributed by atoms with Crippen molar-refractivity contribution in [2.45, 2.75) is 0 Å². The molecule has 2 rings (SSSR count). The molecule has 0 saturated heterocycles. The van der Waals surface area contributed by atoms with E-state index >= 15 is 0 Å². The molecule has 2 aromatic rings. The van der Waals surface area contributed by atoms with Crippen LogP contribution in [0.4, 0.5) is 0 Å². The zero-order chi connectivity index (χ0) is 13.3. The van der Waals surface area contributed by atoms with E-state index in [2.05, 4.69) is 4.98 Å². The minimum atomic E-state index is 0.388. The average molecular weight is 323 g/mol. The molecule has 0 N–H and O–H groups in total. The molecule has 1 heterocycles. The van der Waals surface area contributed by atoms with Crippen LogP contribution in [0.3, 0.4) is 0 Å². The van der Waals surface area contributed by atoms with Gasteiger partial charge in [-0.05, 0) is 12.1 Å². The zero-order valence-electron chi connectivity index (χ0n) is 9.18. The van der Waals surface area contributed by atoms with Crippen LogP contribution in [0.15, 0.2) is 24.5 Å². The Bertz CT molecular complexity index is 601. The van der Waals surface area contributed by atoms with Gasteiger partial charge < -0.3 is 4.74 Å². The number of rotatable bonds is 2. The van der Waals surface area contributed by atoms with Crippen LogP contribution >= 0.6 is 46.4 Å². The second-order valence-corrected chi connectivity index (χ2v) is 5.08. The second kappa shape index (κ2) is 5.54. The summed E-state index contributed by atoms with van der Waals surface area (Å²) < 4.78 is 5.25. The fourth-order valence-corrected chi connectivity index (χ4v) is 2.44. The van der Waals surface area contributed by atoms with Gasteiger partial charge in [-0.25, -0.2) is 0 Å². The van der Waals surface area contributed by atoms with Crippen LogP contribution in [0.2, 0.25) is 20.1 Å². The van der Waals surface area contributed by atoms with E-state index in [0.29, 0.717) is 37.0 Å². The highest BCUT2D eigenvalue weighted by atomic mass is 35.5. The number of ether oxygens (including phenoxy) is 1. The first kappa shape index (κ1) is 13.8. The molecule has 18 heavy (non-hydrogen) atoms. The van der Waals surface area contributed by atoms with Gasteiger partial charge in [0.05, 0.1) is 22.2 Å². The largest absolute Gasteiger partial charge is 0.494 e. The van der Waals surface area contributed by atoms with E-state index in [-0.39, 0.29) is 0 Å². The maximum Gasteiger partial charge on any atom is 0.148 e. The summed E-state index contributed by atoms with van der Waals surface area (Å²) in [7, 11) is 1.52. The maximum absolute atomic E-state index is 6.15. The lowest BCUT2D eigenvalue weighted by Gasteiger charge is -2.11. The third kappa shape index (κ3) is 2.52. The third-order valence-electron chi connectivity index (χ3n) is 2.36. The summed E-state index contributed by atoms with van der Waals surface area (Å²) in [5.41, 5.74) is 1.33. The molecule has 0 aliphatic carbocycles. The van der Waals surface area contributed by atoms with Gasteiger partial charge in [-0.15, -0.1) is 0 Å². The smallest absolute Gasteiger partial charge is 0.148 e. The molecule has 0 radical (unpaired) electrons. The van der Waals surface area contributed by atoms with Crippen molar-refractivity contribution < 1.29 is 4.74 Å². The molecule has 2 nitrogen and oxygen atoms in total. The van der Waals surface area contributed by atoms with Gasteiger partial charge in [0.1, 0.15) is 10.8 Å². The highest BCUT2D eigenvalue weighted by molar-refractivity contribution is 6.44. The van der Waals surface area contributed by atoms with Crippen LogP contribution in [0.5, 0.6) is 5.75 Å². The van der Waals surface area contributed by atoms with Crippen molar-refractivity contribution in [1.29, 1.82) is 0 Å². The number of hydrogen-bond acceptors (Lipinski definition) is 2. The van der Waals surface area contributed by atoms with E-state index in [0.717, 1.165) is 0 Å². The van der Waals surface area contributed by atoms with E-state index in [1.54, 1.807) is 18.3 Å². The van der Waals surface area contributed by atoms with Crippen LogP contribution in [-0.2, 0) is 0 Å². The van der Waals surface area contributed by atoms with Gasteiger partial charge in [0.15, 0.2) is 0 Å². The van der Waals surface area contributed by atoms with Gasteiger partial charge in [0.2, 0.25) is 0 Å². The highest BCUT2D eigenvalue weighted by Gasteiger charge is 2.15. The molecule has 1 aromatic heterocycles. The summed E-state index contributed by atoms with van der Waals surface area (Å²) in [5, 5.41) is 1.64. The predicted octanol–water partition coefficient (Wildman–Crippen LogP) is 5.37. The van der Waals surface area contributed by atoms with Crippen molar-refractivity contribution in [3.63, 3.8) is 0 Å². The summed E-state index contributed by atoms with van der Waals surface area (Å²) in [6.45, 7) is 0. The van der Waals surface area contributed by atoms with Crippen LogP contribution < -0.4 is 4.74 Å². The van der Waals surface area contributed by atoms with E-state index in [1.807, 2.05) is 0 Å². The second-order valence-electron chi connectivity index (χ2n) is 3.45. The van der Waals surface area contributed by atoms with Gasteiger partial charge in [0, 0.05) is 23.5 Å². The Hall–Kier alpha value is -0.670. The molecule has 94 valence electrons. The van der Waals surface area contributed by atoms with Gasteiger partial charge in [-0.3, -0.25) is 4.98 Å². The normalized spacial score (nSPS) is 10.5. The summed E-state index contributed by atoms with van der Waals surface area (Å²) in [4.78, 5) is 4.02. The molecule has 0 aliphatic rings. The first-order valence-corrected chi connectivity index (χ1v) is 6.38. The average Bonchev–Trinajstić information content (AvgIpc) is 2.33. The standard InChI is InChI=1S/C12H7Cl4NO/c1-18-12-7(4-17-5-11(12)16)6-2-9(14)10(15)3-8(6)13/h2-5H,1H3. The molecule has 0 spiro atoms. The Morgan fingerprint density at radius 2 is 1.50 bits per heavy atom. The van der Waals surface area contributed by atoms with Crippen molar-refractivity contribution in [2.75, 3.05) is 7.11 Å². The van der Waals surface area contributed by atoms with E-state index < -0.39 is 0 Å². The Morgan fingerprint density at radius 3 is 2.17 bits per heavy atom. The monoisotopic (exact) mass is 321 g/mol. The summed E-state index contributed by atoms with van der Waals surface area (Å²) in [5.74, 6) is 0.493. The van der Waals surface area contributed by atoms with Crippen LogP contribution in [0.1, 0.15) is 0 Å². The Morgan fingerprint density at radius 1 is 0.833 bits per heavy atom. The molecule has 0 aliphatic heterocycles. The van der Waals surface area contributed by atoms with Crippen LogP contribution in [0.25, 0.3) is 11.1 Å². The molecule has 0 amide bonds. The Labute approximate surface area is 124 Å². The quantitative estimate of drug-likeness (QED) is 0.693. The van der Waals surface area contributed by atoms with Gasteiger partial charge in [-0.1, -0.05) is 46.4 Å². The number of nitrogens with zero attached hydrogens (tertiary/aromatic N) is 1. The molecule has 0 bridgehead atoms. The summed E-state index contributed by atoms with van der Waals surface area (Å²) in [6, 6.07) is 3.23. The zero-order valence-corrected chi connectivity index (χ0v) is 12.2. The van der Waals surface area contributed by atoms with E-state index in [1.165, 1.54) is 13.3 Å². The Kier molecular flexibility index (Phi) is 4.23. The molecule has 6 heteroatoms. The summed E-state index contributed by atoms with van der Waals surface area (Å²) in [6.07, 6.45) is 3.10. The first-order valence-electron chi connectivity index (χ1n) is 4.87. The fourth-order valence-electron chi connectivity index (χ4n) is 1.55. The minimum Gasteiger partial charge on any atom is -0.494 e. The SMILES string of the molecule is COc1c(Cl)cncc1-c1cc(Cl)c(Cl)cc1Cl. The van der Waals surface area contributed by atoms with E-state index in [9.17, 15) is 0 Å². The minimum absolute atomic E-state index is 0.388. The van der Waals surface area contributed by atoms with Crippen molar-refractivity contribution in [1.82, 2.24) is 4.98 Å². The number of aromatic nitrogens is 1. The molecule has 0 fully saturated rings. The predicted molar refractivity (Wildman–Crippen MR) is 76.3 cm³/mol. The molecular formula is C12H7Cl4NO. The molecular weight excluding hydrogens is 316 g/mol. The van der Waals surface area contributed by atoms with Crippen molar-refractivity contribution in [3.8, 4) is 16.9 Å². The summed E-state index contributed by atoms with van der Waals surface area (Å²) >= 11 is 24.0. The lowest BCUT2D eigenvalue weighted by molar-refractivity contribution is 0.416. The molecule has 0 atom stereocenters. The lowest BCUT2D eigenvalue weighted by Crippen LogP contribution is -1.91. The topological polar surface area (TPSA) is 22.1 Å². The molecule has 0 unspecified atom stereocenters. The van der Waals surface area contributed by atoms with Crippen LogP contribution in [0, 0.1) is 0 Å². The highest BCUT2D eigenvalue weighted by Crippen LogP contribution is 2.41. The molecule has 1 aromatic carbocycles. The maximum atomic E-state index is 6.15. The third-order valence-corrected chi connectivity index (χ3v) is 3.66. The van der Waals surface area contributed by atoms with Gasteiger partial charge >= 0.3 is 0 Å². The number of pyridine rings is 1. The van der Waals surface area contributed by atoms with Gasteiger partial charge in [0.25, 0.3) is 0 Å². The number of hydrogen-bond donors (Lipinski definition) is 0. The Balaban J connectivity index is 2.69. The number of methoxy groups -OCH3 is 1. The molecule has 0 saturated carbocycles. The first-order chi connectivity index (χ1) is 8.54. The lowest BCUT2D eigenvalue weighted by atomic mass is 10.1. The fraction of sp³-hybridized carbons (Fsp3) is 0.0833. The van der Waals surface area contributed by atoms with E-state index in [4.69, 9.17) is 51.1 Å². The van der Waals surface area contributed by atoms with Crippen molar-refractivity contribution >= 4 is 46.4 Å². The van der Waals surface area contributed by atoms with Crippen molar-refractivity contribution in [2.24, 2.45) is 0 Å².